The molecule has 2 aromatic rings. The Labute approximate surface area is 140 Å². The molecule has 1 heterocycles. The summed E-state index contributed by atoms with van der Waals surface area (Å²) in [6, 6.07) is 6.36. The number of nitrogens with one attached hydrogen (secondary N) is 1. The Morgan fingerprint density at radius 1 is 1.29 bits per heavy atom. The van der Waals surface area contributed by atoms with Crippen LogP contribution in [0.25, 0.3) is 5.69 Å². The first-order valence-corrected chi connectivity index (χ1v) is 7.58. The summed E-state index contributed by atoms with van der Waals surface area (Å²) in [5, 5.41) is 16.0. The molecule has 2 rings (SSSR count). The summed E-state index contributed by atoms with van der Waals surface area (Å²) in [4.78, 5) is 23.7. The molecule has 7 nitrogen and oxygen atoms in total. The molecular weight excluding hydrogens is 310 g/mol. The quantitative estimate of drug-likeness (QED) is 0.845. The van der Waals surface area contributed by atoms with Gasteiger partial charge in [0.2, 0.25) is 0 Å². The van der Waals surface area contributed by atoms with Crippen molar-refractivity contribution in [2.75, 3.05) is 7.11 Å². The summed E-state index contributed by atoms with van der Waals surface area (Å²) in [5.74, 6) is -1.12. The van der Waals surface area contributed by atoms with Crippen LogP contribution in [0.2, 0.25) is 0 Å². The van der Waals surface area contributed by atoms with Crippen LogP contribution in [0.15, 0.2) is 30.5 Å². The van der Waals surface area contributed by atoms with Crippen molar-refractivity contribution in [1.82, 2.24) is 15.1 Å². The van der Waals surface area contributed by atoms with E-state index in [9.17, 15) is 14.7 Å². The number of nitrogens with zero attached hydrogens (tertiary/aromatic N) is 2. The second-order valence-corrected chi connectivity index (χ2v) is 5.76. The minimum atomic E-state index is -1.06. The molecule has 0 aliphatic heterocycles. The van der Waals surface area contributed by atoms with Crippen molar-refractivity contribution in [3.05, 3.63) is 41.7 Å². The maximum atomic E-state index is 12.4. The zero-order chi connectivity index (χ0) is 17.9. The summed E-state index contributed by atoms with van der Waals surface area (Å²) >= 11 is 0. The van der Waals surface area contributed by atoms with Crippen molar-refractivity contribution in [2.24, 2.45) is 5.92 Å². The molecule has 0 saturated carbocycles. The molecule has 7 heteroatoms. The largest absolute Gasteiger partial charge is 0.494 e. The number of carbonyl (C=O) groups excluding carboxylic acids is 1. The number of hydrogen-bond acceptors (Lipinski definition) is 4. The smallest absolute Gasteiger partial charge is 0.326 e. The molecule has 1 amide bonds. The lowest BCUT2D eigenvalue weighted by atomic mass is 10.0. The van der Waals surface area contributed by atoms with Crippen molar-refractivity contribution in [1.29, 1.82) is 0 Å². The molecule has 1 aromatic carbocycles. The van der Waals surface area contributed by atoms with E-state index in [0.717, 1.165) is 0 Å². The molecule has 0 radical (unpaired) electrons. The number of hydrogen-bond donors (Lipinski definition) is 2. The SMILES string of the molecule is COc1ccccc1-n1ncc(C(=O)N[C@H](C(=O)O)C(C)C)c1C. The third-order valence-corrected chi connectivity index (χ3v) is 3.79. The first-order valence-electron chi connectivity index (χ1n) is 7.58. The number of carboxylic acid groups (broad SMARTS) is 1. The van der Waals surface area contributed by atoms with Crippen LogP contribution in [0.1, 0.15) is 29.9 Å². The number of carboxylic acids is 1. The van der Waals surface area contributed by atoms with Gasteiger partial charge < -0.3 is 15.2 Å². The number of aliphatic carboxylic acids is 1. The molecule has 0 aliphatic carbocycles. The zero-order valence-corrected chi connectivity index (χ0v) is 14.1. The Kier molecular flexibility index (Phi) is 5.23. The highest BCUT2D eigenvalue weighted by molar-refractivity contribution is 5.97. The number of para-hydroxylation sites is 2. The molecule has 128 valence electrons. The van der Waals surface area contributed by atoms with Crippen LogP contribution < -0.4 is 10.1 Å². The zero-order valence-electron chi connectivity index (χ0n) is 14.1. The highest BCUT2D eigenvalue weighted by atomic mass is 16.5. The second-order valence-electron chi connectivity index (χ2n) is 5.76. The van der Waals surface area contributed by atoms with E-state index in [4.69, 9.17) is 4.74 Å². The van der Waals surface area contributed by atoms with Gasteiger partial charge in [-0.15, -0.1) is 0 Å². The Balaban J connectivity index is 2.33. The number of ether oxygens (including phenoxy) is 1. The van der Waals surface area contributed by atoms with E-state index in [2.05, 4.69) is 10.4 Å². The molecule has 0 spiro atoms. The molecule has 0 fully saturated rings. The van der Waals surface area contributed by atoms with Crippen molar-refractivity contribution in [2.45, 2.75) is 26.8 Å². The summed E-state index contributed by atoms with van der Waals surface area (Å²) in [7, 11) is 1.56. The van der Waals surface area contributed by atoms with Crippen LogP contribution in [0.3, 0.4) is 0 Å². The van der Waals surface area contributed by atoms with Crippen LogP contribution in [0.4, 0.5) is 0 Å². The van der Waals surface area contributed by atoms with E-state index in [-0.39, 0.29) is 5.92 Å². The van der Waals surface area contributed by atoms with Gasteiger partial charge in [0.1, 0.15) is 17.5 Å². The fourth-order valence-electron chi connectivity index (χ4n) is 2.41. The molecule has 1 aromatic heterocycles. The highest BCUT2D eigenvalue weighted by Crippen LogP contribution is 2.24. The van der Waals surface area contributed by atoms with Gasteiger partial charge in [0.25, 0.3) is 5.91 Å². The number of aromatic nitrogens is 2. The summed E-state index contributed by atoms with van der Waals surface area (Å²) in [6.45, 7) is 5.23. The lowest BCUT2D eigenvalue weighted by molar-refractivity contribution is -0.140. The van der Waals surface area contributed by atoms with Gasteiger partial charge in [0.05, 0.1) is 24.6 Å². The van der Waals surface area contributed by atoms with Gasteiger partial charge in [-0.05, 0) is 25.0 Å². The normalized spacial score (nSPS) is 12.0. The van der Waals surface area contributed by atoms with Crippen LogP contribution in [0, 0.1) is 12.8 Å². The van der Waals surface area contributed by atoms with Gasteiger partial charge in [-0.1, -0.05) is 26.0 Å². The third-order valence-electron chi connectivity index (χ3n) is 3.79. The number of rotatable bonds is 6. The fourth-order valence-corrected chi connectivity index (χ4v) is 2.41. The molecular formula is C17H21N3O4. The monoisotopic (exact) mass is 331 g/mol. The Morgan fingerprint density at radius 3 is 2.54 bits per heavy atom. The van der Waals surface area contributed by atoms with E-state index >= 15 is 0 Å². The highest BCUT2D eigenvalue weighted by Gasteiger charge is 2.26. The van der Waals surface area contributed by atoms with E-state index in [1.54, 1.807) is 38.6 Å². The molecule has 0 unspecified atom stereocenters. The van der Waals surface area contributed by atoms with Crippen molar-refractivity contribution >= 4 is 11.9 Å². The van der Waals surface area contributed by atoms with E-state index in [1.807, 2.05) is 18.2 Å². The minimum absolute atomic E-state index is 0.226. The summed E-state index contributed by atoms with van der Waals surface area (Å²) in [6.07, 6.45) is 1.43. The molecule has 1 atom stereocenters. The van der Waals surface area contributed by atoms with Crippen molar-refractivity contribution in [3.63, 3.8) is 0 Å². The van der Waals surface area contributed by atoms with Crippen LogP contribution in [-0.4, -0.2) is 39.9 Å². The Bertz CT molecular complexity index is 752. The number of methoxy groups -OCH3 is 1. The molecule has 24 heavy (non-hydrogen) atoms. The van der Waals surface area contributed by atoms with E-state index in [0.29, 0.717) is 22.7 Å². The van der Waals surface area contributed by atoms with Crippen LogP contribution >= 0.6 is 0 Å². The minimum Gasteiger partial charge on any atom is -0.494 e. The van der Waals surface area contributed by atoms with Gasteiger partial charge in [-0.25, -0.2) is 9.48 Å². The fraction of sp³-hybridized carbons (Fsp3) is 0.353. The van der Waals surface area contributed by atoms with Crippen molar-refractivity contribution < 1.29 is 19.4 Å². The predicted molar refractivity (Wildman–Crippen MR) is 88.6 cm³/mol. The third kappa shape index (κ3) is 3.40. The van der Waals surface area contributed by atoms with Crippen LogP contribution in [0.5, 0.6) is 5.75 Å². The van der Waals surface area contributed by atoms with E-state index < -0.39 is 17.9 Å². The topological polar surface area (TPSA) is 93.5 Å². The number of benzene rings is 1. The average Bonchev–Trinajstić information content (AvgIpc) is 2.93. The molecule has 0 bridgehead atoms. The van der Waals surface area contributed by atoms with Gasteiger partial charge in [-0.3, -0.25) is 4.79 Å². The maximum absolute atomic E-state index is 12.4. The summed E-state index contributed by atoms with van der Waals surface area (Å²) in [5.41, 5.74) is 1.63. The van der Waals surface area contributed by atoms with Crippen molar-refractivity contribution in [3.8, 4) is 11.4 Å². The van der Waals surface area contributed by atoms with Crippen LogP contribution in [-0.2, 0) is 4.79 Å². The van der Waals surface area contributed by atoms with Gasteiger partial charge in [-0.2, -0.15) is 5.10 Å². The van der Waals surface area contributed by atoms with E-state index in [1.165, 1.54) is 6.20 Å². The average molecular weight is 331 g/mol. The molecule has 2 N–H and O–H groups in total. The number of amides is 1. The molecule has 0 aliphatic rings. The Morgan fingerprint density at radius 2 is 1.96 bits per heavy atom. The molecule has 0 saturated heterocycles. The summed E-state index contributed by atoms with van der Waals surface area (Å²) < 4.78 is 6.91. The van der Waals surface area contributed by atoms with Gasteiger partial charge in [0.15, 0.2) is 0 Å². The lowest BCUT2D eigenvalue weighted by Gasteiger charge is -2.17. The predicted octanol–water partition coefficient (Wildman–Crippen LogP) is 2.03. The second kappa shape index (κ2) is 7.16. The Hall–Kier alpha value is -2.83. The number of carbonyl (C=O) groups is 2. The first kappa shape index (κ1) is 17.5. The van der Waals surface area contributed by atoms with Gasteiger partial charge >= 0.3 is 5.97 Å². The lowest BCUT2D eigenvalue weighted by Crippen LogP contribution is -2.44. The van der Waals surface area contributed by atoms with Gasteiger partial charge in [0, 0.05) is 0 Å². The standard InChI is InChI=1S/C17H21N3O4/c1-10(2)15(17(22)23)19-16(21)12-9-18-20(11(12)3)13-7-5-6-8-14(13)24-4/h5-10,15H,1-4H3,(H,19,21)(H,22,23)/t15-/m0/s1. The first-order chi connectivity index (χ1) is 11.4. The maximum Gasteiger partial charge on any atom is 0.326 e.